The van der Waals surface area contributed by atoms with Crippen LogP contribution in [0.5, 0.6) is 0 Å². The molecule has 9 heteroatoms. The number of hydrogen-bond donors (Lipinski definition) is 2. The van der Waals surface area contributed by atoms with E-state index in [2.05, 4.69) is 5.32 Å². The first-order chi connectivity index (χ1) is 15.6. The Balaban J connectivity index is 1.84. The Morgan fingerprint density at radius 3 is 2.61 bits per heavy atom. The molecule has 8 nitrogen and oxygen atoms in total. The predicted octanol–water partition coefficient (Wildman–Crippen LogP) is 3.30. The van der Waals surface area contributed by atoms with Crippen LogP contribution in [0.3, 0.4) is 0 Å². The molecule has 33 heavy (non-hydrogen) atoms. The third kappa shape index (κ3) is 6.43. The van der Waals surface area contributed by atoms with Crippen molar-refractivity contribution in [3.05, 3.63) is 69.4 Å². The van der Waals surface area contributed by atoms with E-state index in [0.29, 0.717) is 42.3 Å². The predicted molar refractivity (Wildman–Crippen MR) is 129 cm³/mol. The fraction of sp³-hybridized carbons (Fsp3) is 0.458. The van der Waals surface area contributed by atoms with E-state index < -0.39 is 17.6 Å². The van der Waals surface area contributed by atoms with Crippen molar-refractivity contribution in [1.82, 2.24) is 19.5 Å². The second-order valence-electron chi connectivity index (χ2n) is 9.07. The lowest BCUT2D eigenvalue weighted by Crippen LogP contribution is -2.40. The Kier molecular flexibility index (Phi) is 7.94. The number of ether oxygens (including phenoxy) is 1. The van der Waals surface area contributed by atoms with E-state index in [1.807, 2.05) is 58.0 Å². The van der Waals surface area contributed by atoms with Gasteiger partial charge in [-0.3, -0.25) is 14.2 Å². The summed E-state index contributed by atoms with van der Waals surface area (Å²) >= 11 is 6.14. The molecule has 0 radical (unpaired) electrons. The number of hydrogen-bond acceptors (Lipinski definition) is 6. The van der Waals surface area contributed by atoms with Gasteiger partial charge in [0.25, 0.3) is 5.56 Å². The van der Waals surface area contributed by atoms with Crippen molar-refractivity contribution in [3.63, 3.8) is 0 Å². The van der Waals surface area contributed by atoms with Crippen molar-refractivity contribution in [2.75, 3.05) is 6.54 Å². The van der Waals surface area contributed by atoms with Gasteiger partial charge in [-0.1, -0.05) is 48.9 Å². The van der Waals surface area contributed by atoms with E-state index >= 15 is 0 Å². The molecule has 0 amide bonds. The number of halogens is 1. The van der Waals surface area contributed by atoms with Crippen molar-refractivity contribution < 1.29 is 9.53 Å². The number of carbonyl (C=O) groups is 1. The molecule has 3 aromatic rings. The van der Waals surface area contributed by atoms with E-state index in [0.717, 1.165) is 5.56 Å². The van der Waals surface area contributed by atoms with Crippen LogP contribution in [-0.2, 0) is 16.1 Å². The highest BCUT2D eigenvalue weighted by Gasteiger charge is 2.23. The molecule has 0 spiro atoms. The Bertz CT molecular complexity index is 1150. The average Bonchev–Trinajstić information content (AvgIpc) is 3.13. The lowest BCUT2D eigenvalue weighted by Gasteiger charge is -2.24. The van der Waals surface area contributed by atoms with Gasteiger partial charge in [-0.2, -0.15) is 5.10 Å². The van der Waals surface area contributed by atoms with Gasteiger partial charge in [0.2, 0.25) is 0 Å². The maximum Gasteiger partial charge on any atom is 0.323 e. The fourth-order valence-corrected chi connectivity index (χ4v) is 3.77. The normalized spacial score (nSPS) is 13.8. The van der Waals surface area contributed by atoms with Gasteiger partial charge < -0.3 is 15.8 Å². The summed E-state index contributed by atoms with van der Waals surface area (Å²) in [5, 5.41) is 8.57. The second-order valence-corrected chi connectivity index (χ2v) is 9.50. The van der Waals surface area contributed by atoms with Crippen LogP contribution < -0.4 is 16.6 Å². The first-order valence-electron chi connectivity index (χ1n) is 11.1. The fourth-order valence-electron chi connectivity index (χ4n) is 3.57. The zero-order valence-electron chi connectivity index (χ0n) is 19.5. The topological polar surface area (TPSA) is 104 Å². The summed E-state index contributed by atoms with van der Waals surface area (Å²) in [6.07, 6.45) is 2.70. The average molecular weight is 474 g/mol. The molecule has 2 unspecified atom stereocenters. The zero-order chi connectivity index (χ0) is 24.2. The van der Waals surface area contributed by atoms with Crippen LogP contribution in [0.4, 0.5) is 0 Å². The van der Waals surface area contributed by atoms with Crippen molar-refractivity contribution in [2.45, 2.75) is 64.8 Å². The molecule has 0 fully saturated rings. The molecular weight excluding hydrogens is 442 g/mol. The maximum atomic E-state index is 13.3. The molecular formula is C24H32ClN5O3. The molecule has 2 aromatic heterocycles. The minimum absolute atomic E-state index is 0.165. The number of nitrogens with zero attached hydrogens (tertiary/aromatic N) is 3. The minimum Gasteiger partial charge on any atom is -0.459 e. The standard InChI is InChI=1S/C24H32ClN5O3/c1-5-19(27-12-11-18(26)23(32)33-24(2,3)4)21-28-30-15-17(25)13-20(30)22(31)29(21)14-16-9-7-6-8-10-16/h6-10,13,15,18-19,27H,5,11-12,14,26H2,1-4H3. The van der Waals surface area contributed by atoms with Crippen LogP contribution in [-0.4, -0.2) is 38.3 Å². The van der Waals surface area contributed by atoms with E-state index in [-0.39, 0.29) is 11.6 Å². The van der Waals surface area contributed by atoms with Crippen molar-refractivity contribution >= 4 is 23.1 Å². The third-order valence-corrected chi connectivity index (χ3v) is 5.38. The van der Waals surface area contributed by atoms with Gasteiger partial charge in [0.1, 0.15) is 23.0 Å². The number of esters is 1. The summed E-state index contributed by atoms with van der Waals surface area (Å²) in [7, 11) is 0. The minimum atomic E-state index is -0.737. The molecule has 0 saturated heterocycles. The van der Waals surface area contributed by atoms with Gasteiger partial charge in [-0.25, -0.2) is 4.52 Å². The smallest absolute Gasteiger partial charge is 0.323 e. The molecule has 0 aliphatic carbocycles. The molecule has 2 atom stereocenters. The molecule has 0 saturated carbocycles. The largest absolute Gasteiger partial charge is 0.459 e. The molecule has 0 aliphatic heterocycles. The molecule has 2 heterocycles. The summed E-state index contributed by atoms with van der Waals surface area (Å²) in [5.74, 6) is 0.164. The zero-order valence-corrected chi connectivity index (χ0v) is 20.3. The van der Waals surface area contributed by atoms with E-state index in [1.54, 1.807) is 16.8 Å². The van der Waals surface area contributed by atoms with Crippen molar-refractivity contribution in [3.8, 4) is 0 Å². The molecule has 178 valence electrons. The summed E-state index contributed by atoms with van der Waals surface area (Å²) in [5.41, 5.74) is 6.68. The van der Waals surface area contributed by atoms with E-state index in [4.69, 9.17) is 27.2 Å². The van der Waals surface area contributed by atoms with Crippen LogP contribution >= 0.6 is 11.6 Å². The van der Waals surface area contributed by atoms with E-state index in [9.17, 15) is 9.59 Å². The van der Waals surface area contributed by atoms with Gasteiger partial charge in [0.05, 0.1) is 17.6 Å². The van der Waals surface area contributed by atoms with Gasteiger partial charge >= 0.3 is 5.97 Å². The van der Waals surface area contributed by atoms with E-state index in [1.165, 1.54) is 4.52 Å². The highest BCUT2D eigenvalue weighted by Crippen LogP contribution is 2.18. The lowest BCUT2D eigenvalue weighted by molar-refractivity contribution is -0.156. The number of fused-ring (bicyclic) bond motifs is 1. The Morgan fingerprint density at radius 1 is 1.27 bits per heavy atom. The van der Waals surface area contributed by atoms with Gasteiger partial charge in [0.15, 0.2) is 0 Å². The molecule has 0 bridgehead atoms. The lowest BCUT2D eigenvalue weighted by atomic mass is 10.1. The third-order valence-electron chi connectivity index (χ3n) is 5.18. The first-order valence-corrected chi connectivity index (χ1v) is 11.5. The molecule has 1 aromatic carbocycles. The van der Waals surface area contributed by atoms with Crippen LogP contribution in [0.1, 0.15) is 58.0 Å². The number of rotatable bonds is 9. The number of nitrogens with one attached hydrogen (secondary N) is 1. The summed E-state index contributed by atoms with van der Waals surface area (Å²) in [6.45, 7) is 8.29. The van der Waals surface area contributed by atoms with Crippen LogP contribution in [0.25, 0.3) is 5.52 Å². The van der Waals surface area contributed by atoms with Crippen LogP contribution in [0.2, 0.25) is 5.02 Å². The molecule has 3 rings (SSSR count). The van der Waals surface area contributed by atoms with Gasteiger partial charge in [0, 0.05) is 6.20 Å². The van der Waals surface area contributed by atoms with Crippen molar-refractivity contribution in [2.24, 2.45) is 5.73 Å². The monoisotopic (exact) mass is 473 g/mol. The molecule has 0 aliphatic rings. The number of carbonyl (C=O) groups excluding carboxylic acids is 1. The Morgan fingerprint density at radius 2 is 1.97 bits per heavy atom. The maximum absolute atomic E-state index is 13.3. The highest BCUT2D eigenvalue weighted by molar-refractivity contribution is 6.31. The Labute approximate surface area is 198 Å². The molecule has 3 N–H and O–H groups in total. The summed E-state index contributed by atoms with van der Waals surface area (Å²) in [6, 6.07) is 10.4. The van der Waals surface area contributed by atoms with Crippen LogP contribution in [0, 0.1) is 0 Å². The van der Waals surface area contributed by atoms with Gasteiger partial charge in [-0.15, -0.1) is 0 Å². The number of aromatic nitrogens is 3. The first kappa shape index (κ1) is 25.0. The quantitative estimate of drug-likeness (QED) is 0.462. The van der Waals surface area contributed by atoms with Gasteiger partial charge in [-0.05, 0) is 51.8 Å². The van der Waals surface area contributed by atoms with Crippen molar-refractivity contribution in [1.29, 1.82) is 0 Å². The SMILES string of the molecule is CCC(NCCC(N)C(=O)OC(C)(C)C)c1nn2cc(Cl)cc2c(=O)n1Cc1ccccc1. The van der Waals surface area contributed by atoms with Crippen LogP contribution in [0.15, 0.2) is 47.4 Å². The second kappa shape index (κ2) is 10.5. The highest BCUT2D eigenvalue weighted by atomic mass is 35.5. The Hall–Kier alpha value is -2.68. The number of nitrogens with two attached hydrogens (primary N) is 1. The summed E-state index contributed by atoms with van der Waals surface area (Å²) in [4.78, 5) is 25.5. The summed E-state index contributed by atoms with van der Waals surface area (Å²) < 4.78 is 8.56. The number of benzene rings is 1.